The maximum Gasteiger partial charge on any atom is 0.279 e. The first kappa shape index (κ1) is 21.8. The maximum atomic E-state index is 13.1. The number of aromatic nitrogens is 1. The molecule has 2 amide bonds. The fourth-order valence-electron chi connectivity index (χ4n) is 2.88. The van der Waals surface area contributed by atoms with Gasteiger partial charge in [-0.2, -0.15) is 0 Å². The van der Waals surface area contributed by atoms with Crippen molar-refractivity contribution in [2.24, 2.45) is 0 Å². The third-order valence-electron chi connectivity index (χ3n) is 4.43. The van der Waals surface area contributed by atoms with E-state index >= 15 is 0 Å². The van der Waals surface area contributed by atoms with E-state index in [9.17, 15) is 14.0 Å². The molecule has 9 heteroatoms. The van der Waals surface area contributed by atoms with Gasteiger partial charge in [0.1, 0.15) is 11.6 Å². The first-order chi connectivity index (χ1) is 15.5. The molecular weight excluding hydrogens is 449 g/mol. The number of aryl methyl sites for hydroxylation is 1. The van der Waals surface area contributed by atoms with Gasteiger partial charge in [0, 0.05) is 15.8 Å². The van der Waals surface area contributed by atoms with Crippen LogP contribution in [0.25, 0.3) is 10.4 Å². The zero-order valence-corrected chi connectivity index (χ0v) is 18.6. The quantitative estimate of drug-likeness (QED) is 0.300. The normalized spacial score (nSPS) is 10.7. The number of rotatable bonds is 6. The predicted octanol–water partition coefficient (Wildman–Crippen LogP) is 5.22. The summed E-state index contributed by atoms with van der Waals surface area (Å²) < 4.78 is 18.3. The molecule has 0 spiro atoms. The van der Waals surface area contributed by atoms with E-state index in [0.717, 1.165) is 21.0 Å². The number of carbonyl (C=O) groups excluding carboxylic acids is 2. The number of hydrazine groups is 1. The summed E-state index contributed by atoms with van der Waals surface area (Å²) in [4.78, 5) is 27.1. The Bertz CT molecular complexity index is 1250. The van der Waals surface area contributed by atoms with Crippen LogP contribution in [-0.4, -0.2) is 17.0 Å². The molecule has 2 heterocycles. The molecule has 2 aromatic carbocycles. The van der Waals surface area contributed by atoms with Crippen molar-refractivity contribution in [1.29, 1.82) is 0 Å². The number of halogens is 1. The molecule has 0 bridgehead atoms. The van der Waals surface area contributed by atoms with Crippen LogP contribution in [0.15, 0.2) is 76.1 Å². The largest absolute Gasteiger partial charge is 0.360 e. The molecule has 0 saturated heterocycles. The topological polar surface area (TPSA) is 84.2 Å². The molecule has 0 unspecified atom stereocenters. The summed E-state index contributed by atoms with van der Waals surface area (Å²) in [6, 6.07) is 18.4. The molecule has 4 aromatic rings. The molecule has 0 aliphatic carbocycles. The van der Waals surface area contributed by atoms with Gasteiger partial charge in [-0.1, -0.05) is 29.4 Å². The zero-order chi connectivity index (χ0) is 22.5. The minimum atomic E-state index is -0.431. The van der Waals surface area contributed by atoms with E-state index < -0.39 is 11.8 Å². The molecule has 4 rings (SSSR count). The van der Waals surface area contributed by atoms with Crippen LogP contribution in [-0.2, 0) is 5.75 Å². The van der Waals surface area contributed by atoms with Gasteiger partial charge >= 0.3 is 0 Å². The molecule has 0 atom stereocenters. The number of nitrogens with zero attached hydrogens (tertiary/aromatic N) is 1. The fraction of sp³-hybridized carbons (Fsp3) is 0.0870. The van der Waals surface area contributed by atoms with Crippen molar-refractivity contribution in [1.82, 2.24) is 16.0 Å². The van der Waals surface area contributed by atoms with E-state index in [1.54, 1.807) is 36.4 Å². The van der Waals surface area contributed by atoms with E-state index in [4.69, 9.17) is 4.52 Å². The van der Waals surface area contributed by atoms with Gasteiger partial charge in [-0.3, -0.25) is 20.4 Å². The first-order valence-electron chi connectivity index (χ1n) is 9.60. The molecule has 0 aliphatic heterocycles. The lowest BCUT2D eigenvalue weighted by atomic mass is 10.2. The van der Waals surface area contributed by atoms with Crippen molar-refractivity contribution in [3.05, 3.63) is 94.4 Å². The number of amides is 2. The predicted molar refractivity (Wildman–Crippen MR) is 122 cm³/mol. The van der Waals surface area contributed by atoms with Crippen molar-refractivity contribution in [2.45, 2.75) is 17.6 Å². The Balaban J connectivity index is 1.37. The smallest absolute Gasteiger partial charge is 0.279 e. The second-order valence-corrected chi connectivity index (χ2v) is 8.90. The Morgan fingerprint density at radius 1 is 1.03 bits per heavy atom. The van der Waals surface area contributed by atoms with Crippen LogP contribution in [0.1, 0.15) is 31.5 Å². The molecule has 162 valence electrons. The van der Waals surface area contributed by atoms with Crippen molar-refractivity contribution in [3.8, 4) is 10.4 Å². The highest BCUT2D eigenvalue weighted by Gasteiger charge is 2.15. The minimum Gasteiger partial charge on any atom is -0.360 e. The number of thioether (sulfide) groups is 1. The van der Waals surface area contributed by atoms with E-state index in [2.05, 4.69) is 16.0 Å². The number of nitrogens with one attached hydrogen (secondary N) is 2. The van der Waals surface area contributed by atoms with Crippen LogP contribution in [0.4, 0.5) is 4.39 Å². The Morgan fingerprint density at radius 2 is 1.78 bits per heavy atom. The van der Waals surface area contributed by atoms with Crippen LogP contribution in [0, 0.1) is 12.7 Å². The number of carbonyl (C=O) groups is 2. The van der Waals surface area contributed by atoms with Crippen LogP contribution < -0.4 is 10.9 Å². The monoisotopic (exact) mass is 467 g/mol. The summed E-state index contributed by atoms with van der Waals surface area (Å²) in [5, 5.41) is 3.86. The van der Waals surface area contributed by atoms with Gasteiger partial charge in [-0.05, 0) is 48.9 Å². The minimum absolute atomic E-state index is 0.319. The number of benzene rings is 2. The molecule has 6 nitrogen and oxygen atoms in total. The maximum absolute atomic E-state index is 13.1. The highest BCUT2D eigenvalue weighted by Crippen LogP contribution is 2.28. The Hall–Kier alpha value is -3.43. The lowest BCUT2D eigenvalue weighted by Crippen LogP contribution is -2.41. The van der Waals surface area contributed by atoms with Gasteiger partial charge in [-0.15, -0.1) is 23.1 Å². The fourth-order valence-corrected chi connectivity index (χ4v) is 4.72. The van der Waals surface area contributed by atoms with Gasteiger partial charge in [0.25, 0.3) is 11.8 Å². The number of hydrogen-bond acceptors (Lipinski definition) is 6. The Morgan fingerprint density at radius 3 is 2.53 bits per heavy atom. The average molecular weight is 468 g/mol. The Labute approximate surface area is 191 Å². The molecular formula is C23H18FN3O3S2. The van der Waals surface area contributed by atoms with E-state index in [-0.39, 0.29) is 5.82 Å². The zero-order valence-electron chi connectivity index (χ0n) is 16.9. The first-order valence-corrected chi connectivity index (χ1v) is 11.4. The van der Waals surface area contributed by atoms with E-state index in [0.29, 0.717) is 22.0 Å². The summed E-state index contributed by atoms with van der Waals surface area (Å²) in [6.45, 7) is 1.85. The second-order valence-electron chi connectivity index (χ2n) is 6.80. The van der Waals surface area contributed by atoms with E-state index in [1.165, 1.54) is 35.2 Å². The summed E-state index contributed by atoms with van der Waals surface area (Å²) >= 11 is 2.69. The molecule has 32 heavy (non-hydrogen) atoms. The standard InChI is InChI=1S/C23H18FN3O3S2/c1-14-12-17(30-27-14)13-31-20-5-3-2-4-18(20)22(28)25-26-23(29)21-11-10-19(32-21)15-6-8-16(24)9-7-15/h2-12H,13H2,1H3,(H,25,28)(H,26,29). The van der Waals surface area contributed by atoms with Crippen LogP contribution in [0.2, 0.25) is 0 Å². The number of hydrogen-bond donors (Lipinski definition) is 2. The van der Waals surface area contributed by atoms with Gasteiger partial charge in [0.05, 0.1) is 21.9 Å². The van der Waals surface area contributed by atoms with Crippen molar-refractivity contribution < 1.29 is 18.5 Å². The van der Waals surface area contributed by atoms with E-state index in [1.807, 2.05) is 25.1 Å². The van der Waals surface area contributed by atoms with Crippen molar-refractivity contribution in [2.75, 3.05) is 0 Å². The molecule has 0 radical (unpaired) electrons. The second kappa shape index (κ2) is 9.80. The molecule has 0 aliphatic rings. The molecule has 0 saturated carbocycles. The molecule has 0 fully saturated rings. The lowest BCUT2D eigenvalue weighted by Gasteiger charge is -2.10. The molecule has 2 aromatic heterocycles. The third-order valence-corrected chi connectivity index (χ3v) is 6.66. The SMILES string of the molecule is Cc1cc(CSc2ccccc2C(=O)NNC(=O)c2ccc(-c3ccc(F)cc3)s2)on1. The van der Waals surface area contributed by atoms with Crippen molar-refractivity contribution in [3.63, 3.8) is 0 Å². The summed E-state index contributed by atoms with van der Waals surface area (Å²) in [5.74, 6) is 0.0642. The highest BCUT2D eigenvalue weighted by atomic mass is 32.2. The summed E-state index contributed by atoms with van der Waals surface area (Å²) in [5.41, 5.74) is 6.96. The molecule has 2 N–H and O–H groups in total. The van der Waals surface area contributed by atoms with Crippen LogP contribution in [0.5, 0.6) is 0 Å². The summed E-state index contributed by atoms with van der Waals surface area (Å²) in [7, 11) is 0. The highest BCUT2D eigenvalue weighted by molar-refractivity contribution is 7.98. The van der Waals surface area contributed by atoms with Crippen molar-refractivity contribution >= 4 is 34.9 Å². The van der Waals surface area contributed by atoms with Gasteiger partial charge in [-0.25, -0.2) is 4.39 Å². The number of thiophene rings is 1. The van der Waals surface area contributed by atoms with Crippen LogP contribution >= 0.6 is 23.1 Å². The lowest BCUT2D eigenvalue weighted by molar-refractivity contribution is 0.0847. The van der Waals surface area contributed by atoms with Crippen LogP contribution in [0.3, 0.4) is 0 Å². The third kappa shape index (κ3) is 5.24. The summed E-state index contributed by atoms with van der Waals surface area (Å²) in [6.07, 6.45) is 0. The van der Waals surface area contributed by atoms with Gasteiger partial charge in [0.15, 0.2) is 0 Å². The van der Waals surface area contributed by atoms with Gasteiger partial charge in [0.2, 0.25) is 0 Å². The average Bonchev–Trinajstić information content (AvgIpc) is 3.46. The Kier molecular flexibility index (Phi) is 6.67. The van der Waals surface area contributed by atoms with Gasteiger partial charge < -0.3 is 4.52 Å².